The highest BCUT2D eigenvalue weighted by atomic mass is 16.7. The summed E-state index contributed by atoms with van der Waals surface area (Å²) >= 11 is 0. The standard InChI is InChI=1S/C29H30N2O5/c1-4-17-35-23-16-13-20(18-24(23)34-3)26-25-27(36-31(26)22-9-7-6-8-10-22)29(33)30(28(25)32)21-14-11-19(5-2)12-15-21/h6-16,18,25-27H,4-5,17H2,1-3H3/t25-,26+,27-/m1/s1. The van der Waals surface area contributed by atoms with Gasteiger partial charge in [0.25, 0.3) is 5.91 Å². The number of para-hydroxylation sites is 1. The summed E-state index contributed by atoms with van der Waals surface area (Å²) in [6.45, 7) is 4.68. The lowest BCUT2D eigenvalue weighted by atomic mass is 9.90. The minimum absolute atomic E-state index is 0.275. The number of imide groups is 1. The molecule has 2 aliphatic heterocycles. The molecule has 7 heteroatoms. The second-order valence-electron chi connectivity index (χ2n) is 8.95. The molecule has 186 valence electrons. The van der Waals surface area contributed by atoms with Crippen LogP contribution in [0.5, 0.6) is 11.5 Å². The first-order valence-corrected chi connectivity index (χ1v) is 12.4. The number of hydrogen-bond acceptors (Lipinski definition) is 6. The van der Waals surface area contributed by atoms with Crippen molar-refractivity contribution in [1.29, 1.82) is 0 Å². The van der Waals surface area contributed by atoms with E-state index in [1.807, 2.05) is 79.7 Å². The summed E-state index contributed by atoms with van der Waals surface area (Å²) in [6.07, 6.45) is 0.832. The summed E-state index contributed by atoms with van der Waals surface area (Å²) < 4.78 is 11.4. The van der Waals surface area contributed by atoms with E-state index < -0.39 is 18.1 Å². The molecule has 0 N–H and O–H groups in total. The molecule has 3 aromatic rings. The van der Waals surface area contributed by atoms with Gasteiger partial charge in [-0.2, -0.15) is 0 Å². The molecule has 2 heterocycles. The summed E-state index contributed by atoms with van der Waals surface area (Å²) in [6, 6.07) is 22.2. The van der Waals surface area contributed by atoms with E-state index >= 15 is 0 Å². The molecule has 3 aromatic carbocycles. The van der Waals surface area contributed by atoms with Crippen molar-refractivity contribution in [3.8, 4) is 11.5 Å². The van der Waals surface area contributed by atoms with Crippen LogP contribution >= 0.6 is 0 Å². The number of nitrogens with zero attached hydrogens (tertiary/aromatic N) is 2. The van der Waals surface area contributed by atoms with E-state index in [1.54, 1.807) is 12.2 Å². The maximum Gasteiger partial charge on any atom is 0.266 e. The van der Waals surface area contributed by atoms with E-state index in [-0.39, 0.29) is 11.8 Å². The first-order chi connectivity index (χ1) is 17.6. The first-order valence-electron chi connectivity index (χ1n) is 12.4. The smallest absolute Gasteiger partial charge is 0.266 e. The Hall–Kier alpha value is -3.84. The van der Waals surface area contributed by atoms with Crippen LogP contribution in [0.15, 0.2) is 72.8 Å². The third-order valence-electron chi connectivity index (χ3n) is 6.72. The summed E-state index contributed by atoms with van der Waals surface area (Å²) in [7, 11) is 1.59. The molecule has 0 aliphatic carbocycles. The Morgan fingerprint density at radius 1 is 0.861 bits per heavy atom. The maximum absolute atomic E-state index is 13.8. The van der Waals surface area contributed by atoms with E-state index in [9.17, 15) is 9.59 Å². The summed E-state index contributed by atoms with van der Waals surface area (Å²) in [5.74, 6) is -0.135. The molecule has 0 spiro atoms. The average Bonchev–Trinajstić information content (AvgIpc) is 3.43. The van der Waals surface area contributed by atoms with Crippen molar-refractivity contribution >= 4 is 23.2 Å². The highest BCUT2D eigenvalue weighted by Gasteiger charge is 2.60. The van der Waals surface area contributed by atoms with Gasteiger partial charge >= 0.3 is 0 Å². The molecule has 2 aliphatic rings. The minimum atomic E-state index is -0.921. The fourth-order valence-corrected chi connectivity index (χ4v) is 4.89. The topological polar surface area (TPSA) is 68.3 Å². The van der Waals surface area contributed by atoms with Crippen molar-refractivity contribution in [2.24, 2.45) is 5.92 Å². The molecule has 0 unspecified atom stereocenters. The Kier molecular flexibility index (Phi) is 6.65. The number of methoxy groups -OCH3 is 1. The number of rotatable bonds is 8. The van der Waals surface area contributed by atoms with Crippen molar-refractivity contribution < 1.29 is 23.9 Å². The number of benzene rings is 3. The van der Waals surface area contributed by atoms with Crippen LogP contribution in [0.3, 0.4) is 0 Å². The Balaban J connectivity index is 1.55. The molecule has 0 saturated carbocycles. The third-order valence-corrected chi connectivity index (χ3v) is 6.72. The normalized spacial score (nSPS) is 21.1. The molecule has 2 saturated heterocycles. The van der Waals surface area contributed by atoms with E-state index in [1.165, 1.54) is 4.90 Å². The van der Waals surface area contributed by atoms with Crippen molar-refractivity contribution in [3.05, 3.63) is 83.9 Å². The number of carbonyl (C=O) groups excluding carboxylic acids is 2. The largest absolute Gasteiger partial charge is 0.493 e. The lowest BCUT2D eigenvalue weighted by Crippen LogP contribution is -2.37. The highest BCUT2D eigenvalue weighted by Crippen LogP contribution is 2.48. The number of ether oxygens (including phenoxy) is 2. The number of fused-ring (bicyclic) bond motifs is 1. The number of amides is 2. The number of carbonyl (C=O) groups is 2. The zero-order chi connectivity index (χ0) is 25.2. The molecular weight excluding hydrogens is 456 g/mol. The Morgan fingerprint density at radius 3 is 2.28 bits per heavy atom. The van der Waals surface area contributed by atoms with Crippen LogP contribution in [0, 0.1) is 5.92 Å². The van der Waals surface area contributed by atoms with Gasteiger partial charge in [-0.25, -0.2) is 9.96 Å². The van der Waals surface area contributed by atoms with Gasteiger partial charge in [-0.05, 0) is 60.4 Å². The fraction of sp³-hybridized carbons (Fsp3) is 0.310. The molecule has 0 radical (unpaired) electrons. The van der Waals surface area contributed by atoms with Crippen LogP contribution in [-0.2, 0) is 20.8 Å². The van der Waals surface area contributed by atoms with Gasteiger partial charge in [-0.15, -0.1) is 0 Å². The molecule has 0 aromatic heterocycles. The van der Waals surface area contributed by atoms with Crippen molar-refractivity contribution in [2.45, 2.75) is 38.8 Å². The Labute approximate surface area is 211 Å². The van der Waals surface area contributed by atoms with E-state index in [4.69, 9.17) is 14.3 Å². The van der Waals surface area contributed by atoms with Crippen LogP contribution in [0.4, 0.5) is 11.4 Å². The lowest BCUT2D eigenvalue weighted by molar-refractivity contribution is -0.126. The predicted octanol–water partition coefficient (Wildman–Crippen LogP) is 5.10. The van der Waals surface area contributed by atoms with Crippen molar-refractivity contribution in [2.75, 3.05) is 23.7 Å². The third kappa shape index (κ3) is 4.09. The quantitative estimate of drug-likeness (QED) is 0.413. The molecule has 2 fully saturated rings. The molecule has 2 amide bonds. The zero-order valence-corrected chi connectivity index (χ0v) is 20.7. The molecule has 7 nitrogen and oxygen atoms in total. The van der Waals surface area contributed by atoms with Gasteiger partial charge in [0.15, 0.2) is 17.6 Å². The Morgan fingerprint density at radius 2 is 1.61 bits per heavy atom. The molecule has 5 rings (SSSR count). The van der Waals surface area contributed by atoms with Gasteiger partial charge < -0.3 is 9.47 Å². The van der Waals surface area contributed by atoms with Gasteiger partial charge in [0, 0.05) is 0 Å². The SMILES string of the molecule is CCCOc1ccc([C@H]2[C@H]3C(=O)N(c4ccc(CC)cc4)C(=O)[C@@H]3ON2c2ccccc2)cc1OC. The van der Waals surface area contributed by atoms with Gasteiger partial charge in [0.2, 0.25) is 5.91 Å². The van der Waals surface area contributed by atoms with E-state index in [2.05, 4.69) is 6.92 Å². The van der Waals surface area contributed by atoms with Crippen molar-refractivity contribution in [3.63, 3.8) is 0 Å². The van der Waals surface area contributed by atoms with Crippen LogP contribution < -0.4 is 19.4 Å². The van der Waals surface area contributed by atoms with Gasteiger partial charge in [0.1, 0.15) is 5.92 Å². The molecule has 36 heavy (non-hydrogen) atoms. The average molecular weight is 487 g/mol. The zero-order valence-electron chi connectivity index (χ0n) is 20.7. The highest BCUT2D eigenvalue weighted by molar-refractivity contribution is 6.23. The summed E-state index contributed by atoms with van der Waals surface area (Å²) in [5, 5.41) is 1.68. The van der Waals surface area contributed by atoms with Gasteiger partial charge in [-0.3, -0.25) is 14.4 Å². The van der Waals surface area contributed by atoms with Crippen LogP contribution in [0.2, 0.25) is 0 Å². The molecular formula is C29H30N2O5. The lowest BCUT2D eigenvalue weighted by Gasteiger charge is -2.29. The van der Waals surface area contributed by atoms with Gasteiger partial charge in [-0.1, -0.05) is 50.2 Å². The summed E-state index contributed by atoms with van der Waals surface area (Å²) in [4.78, 5) is 34.8. The molecule has 3 atom stereocenters. The Bertz CT molecular complexity index is 1240. The predicted molar refractivity (Wildman–Crippen MR) is 137 cm³/mol. The summed E-state index contributed by atoms with van der Waals surface area (Å²) in [5.41, 5.74) is 3.27. The van der Waals surface area contributed by atoms with E-state index in [0.29, 0.717) is 23.8 Å². The second-order valence-corrected chi connectivity index (χ2v) is 8.95. The van der Waals surface area contributed by atoms with Crippen molar-refractivity contribution in [1.82, 2.24) is 0 Å². The number of hydroxylamine groups is 1. The maximum atomic E-state index is 13.8. The monoisotopic (exact) mass is 486 g/mol. The first kappa shape index (κ1) is 23.9. The number of anilines is 2. The number of aryl methyl sites for hydroxylation is 1. The van der Waals surface area contributed by atoms with Crippen LogP contribution in [-0.4, -0.2) is 31.6 Å². The van der Waals surface area contributed by atoms with E-state index in [0.717, 1.165) is 29.7 Å². The number of hydrogen-bond donors (Lipinski definition) is 0. The minimum Gasteiger partial charge on any atom is -0.493 e. The second kappa shape index (κ2) is 10.0. The molecule has 0 bridgehead atoms. The van der Waals surface area contributed by atoms with Crippen LogP contribution in [0.25, 0.3) is 0 Å². The fourth-order valence-electron chi connectivity index (χ4n) is 4.89. The van der Waals surface area contributed by atoms with Crippen LogP contribution in [0.1, 0.15) is 37.4 Å². The van der Waals surface area contributed by atoms with Gasteiger partial charge in [0.05, 0.1) is 31.1 Å².